The van der Waals surface area contributed by atoms with Crippen molar-refractivity contribution >= 4 is 11.8 Å². The smallest absolute Gasteiger partial charge is 0.303 e. The van der Waals surface area contributed by atoms with Crippen LogP contribution >= 0.6 is 0 Å². The fourth-order valence-electron chi connectivity index (χ4n) is 1.06. The molecule has 1 aromatic rings. The van der Waals surface area contributed by atoms with E-state index in [1.165, 1.54) is 12.1 Å². The Labute approximate surface area is 80.8 Å². The zero-order valence-electron chi connectivity index (χ0n) is 7.43. The molecular weight excluding hydrogens is 184 g/mol. The van der Waals surface area contributed by atoms with Crippen LogP contribution in [0.5, 0.6) is 5.75 Å². The van der Waals surface area contributed by atoms with E-state index in [2.05, 4.69) is 0 Å². The molecule has 4 heteroatoms. The maximum atomic E-state index is 11.3. The molecule has 1 aromatic carbocycles. The lowest BCUT2D eigenvalue weighted by atomic mass is 10.1. The highest BCUT2D eigenvalue weighted by molar-refractivity contribution is 5.99. The first kappa shape index (κ1) is 10.2. The fourth-order valence-corrected chi connectivity index (χ4v) is 1.06. The molecule has 14 heavy (non-hydrogen) atoms. The number of aliphatic carboxylic acids is 1. The normalized spacial score (nSPS) is 9.71. The molecule has 0 aromatic heterocycles. The first-order chi connectivity index (χ1) is 6.61. The van der Waals surface area contributed by atoms with Crippen LogP contribution in [0.4, 0.5) is 0 Å². The molecule has 0 amide bonds. The SMILES string of the molecule is O=C(O)CCC(=O)c1ccccc1O. The molecular formula is C10H10O4. The van der Waals surface area contributed by atoms with Crippen molar-refractivity contribution in [3.8, 4) is 5.75 Å². The summed E-state index contributed by atoms with van der Waals surface area (Å²) in [5.41, 5.74) is 0.175. The quantitative estimate of drug-likeness (QED) is 0.711. The Balaban J connectivity index is 2.70. The van der Waals surface area contributed by atoms with Gasteiger partial charge in [-0.05, 0) is 12.1 Å². The van der Waals surface area contributed by atoms with Gasteiger partial charge in [-0.1, -0.05) is 12.1 Å². The molecule has 0 fully saturated rings. The zero-order chi connectivity index (χ0) is 10.6. The number of phenols is 1. The molecule has 0 bridgehead atoms. The first-order valence-electron chi connectivity index (χ1n) is 4.14. The lowest BCUT2D eigenvalue weighted by molar-refractivity contribution is -0.136. The summed E-state index contributed by atoms with van der Waals surface area (Å²) in [4.78, 5) is 21.6. The van der Waals surface area contributed by atoms with E-state index in [0.29, 0.717) is 0 Å². The van der Waals surface area contributed by atoms with Gasteiger partial charge in [0, 0.05) is 6.42 Å². The van der Waals surface area contributed by atoms with Crippen LogP contribution in [0.3, 0.4) is 0 Å². The number of Topliss-reactive ketones (excluding diaryl/α,β-unsaturated/α-hetero) is 1. The highest BCUT2D eigenvalue weighted by Gasteiger charge is 2.11. The van der Waals surface area contributed by atoms with Gasteiger partial charge in [0.25, 0.3) is 0 Å². The van der Waals surface area contributed by atoms with Gasteiger partial charge in [-0.3, -0.25) is 9.59 Å². The van der Waals surface area contributed by atoms with Crippen LogP contribution in [0.1, 0.15) is 23.2 Å². The van der Waals surface area contributed by atoms with Crippen molar-refractivity contribution in [2.45, 2.75) is 12.8 Å². The highest BCUT2D eigenvalue weighted by atomic mass is 16.4. The standard InChI is InChI=1S/C10H10O4/c11-8-4-2-1-3-7(8)9(12)5-6-10(13)14/h1-4,11H,5-6H2,(H,13,14). The van der Waals surface area contributed by atoms with Gasteiger partial charge in [0.1, 0.15) is 5.75 Å². The summed E-state index contributed by atoms with van der Waals surface area (Å²) in [5, 5.41) is 17.6. The second kappa shape index (κ2) is 4.41. The molecule has 0 heterocycles. The number of carbonyl (C=O) groups is 2. The lowest BCUT2D eigenvalue weighted by Gasteiger charge is -2.01. The first-order valence-corrected chi connectivity index (χ1v) is 4.14. The summed E-state index contributed by atoms with van der Waals surface area (Å²) in [6, 6.07) is 6.09. The van der Waals surface area contributed by atoms with Crippen molar-refractivity contribution in [1.29, 1.82) is 0 Å². The summed E-state index contributed by atoms with van der Waals surface area (Å²) in [6.07, 6.45) is -0.305. The number of carboxylic acid groups (broad SMARTS) is 1. The minimum atomic E-state index is -1.02. The van der Waals surface area contributed by atoms with Crippen LogP contribution in [0.15, 0.2) is 24.3 Å². The highest BCUT2D eigenvalue weighted by Crippen LogP contribution is 2.17. The molecule has 0 saturated heterocycles. The van der Waals surface area contributed by atoms with Gasteiger partial charge in [-0.25, -0.2) is 0 Å². The number of hydrogen-bond acceptors (Lipinski definition) is 3. The summed E-state index contributed by atoms with van der Waals surface area (Å²) in [5.74, 6) is -1.48. The van der Waals surface area contributed by atoms with Crippen molar-refractivity contribution < 1.29 is 19.8 Å². The number of benzene rings is 1. The Kier molecular flexibility index (Phi) is 3.23. The number of rotatable bonds is 4. The van der Waals surface area contributed by atoms with E-state index >= 15 is 0 Å². The van der Waals surface area contributed by atoms with Crippen LogP contribution < -0.4 is 0 Å². The Bertz CT molecular complexity index is 357. The Morgan fingerprint density at radius 3 is 2.36 bits per heavy atom. The number of phenolic OH excluding ortho intramolecular Hbond substituents is 1. The number of carbonyl (C=O) groups excluding carboxylic acids is 1. The average Bonchev–Trinajstić information content (AvgIpc) is 2.15. The van der Waals surface area contributed by atoms with Crippen LogP contribution in [0, 0.1) is 0 Å². The average molecular weight is 194 g/mol. The van der Waals surface area contributed by atoms with Gasteiger partial charge in [0.15, 0.2) is 5.78 Å². The van der Waals surface area contributed by atoms with E-state index in [1.807, 2.05) is 0 Å². The summed E-state index contributed by atoms with van der Waals surface area (Å²) < 4.78 is 0. The Hall–Kier alpha value is -1.84. The molecule has 0 aliphatic carbocycles. The van der Waals surface area contributed by atoms with E-state index in [9.17, 15) is 14.7 Å². The lowest BCUT2D eigenvalue weighted by Crippen LogP contribution is -2.03. The number of aromatic hydroxyl groups is 1. The van der Waals surface area contributed by atoms with Crippen LogP contribution in [0.2, 0.25) is 0 Å². The molecule has 0 aliphatic rings. The summed E-state index contributed by atoms with van der Waals surface area (Å²) >= 11 is 0. The number of ketones is 1. The van der Waals surface area contributed by atoms with Gasteiger partial charge >= 0.3 is 5.97 Å². The predicted octanol–water partition coefficient (Wildman–Crippen LogP) is 1.44. The van der Waals surface area contributed by atoms with Crippen molar-refractivity contribution in [3.63, 3.8) is 0 Å². The molecule has 1 rings (SSSR count). The maximum absolute atomic E-state index is 11.3. The minimum absolute atomic E-state index is 0.0904. The molecule has 0 unspecified atom stereocenters. The van der Waals surface area contributed by atoms with Gasteiger partial charge in [-0.15, -0.1) is 0 Å². The van der Waals surface area contributed by atoms with Gasteiger partial charge < -0.3 is 10.2 Å². The molecule has 2 N–H and O–H groups in total. The molecule has 0 atom stereocenters. The molecule has 0 aliphatic heterocycles. The van der Waals surface area contributed by atoms with Crippen LogP contribution in [0.25, 0.3) is 0 Å². The van der Waals surface area contributed by atoms with Crippen molar-refractivity contribution in [3.05, 3.63) is 29.8 Å². The van der Waals surface area contributed by atoms with E-state index in [0.717, 1.165) is 0 Å². The van der Waals surface area contributed by atoms with Crippen molar-refractivity contribution in [1.82, 2.24) is 0 Å². The van der Waals surface area contributed by atoms with Crippen LogP contribution in [-0.2, 0) is 4.79 Å². The molecule has 0 radical (unpaired) electrons. The summed E-state index contributed by atoms with van der Waals surface area (Å²) in [7, 11) is 0. The van der Waals surface area contributed by atoms with Crippen LogP contribution in [-0.4, -0.2) is 22.0 Å². The molecule has 4 nitrogen and oxygen atoms in total. The van der Waals surface area contributed by atoms with Gasteiger partial charge in [0.2, 0.25) is 0 Å². The Morgan fingerprint density at radius 1 is 1.14 bits per heavy atom. The van der Waals surface area contributed by atoms with Gasteiger partial charge in [0.05, 0.1) is 12.0 Å². The topological polar surface area (TPSA) is 74.6 Å². The number of para-hydroxylation sites is 1. The van der Waals surface area contributed by atoms with Crippen molar-refractivity contribution in [2.75, 3.05) is 0 Å². The number of carboxylic acids is 1. The largest absolute Gasteiger partial charge is 0.507 e. The monoisotopic (exact) mass is 194 g/mol. The minimum Gasteiger partial charge on any atom is -0.507 e. The zero-order valence-corrected chi connectivity index (χ0v) is 7.43. The predicted molar refractivity (Wildman–Crippen MR) is 49.3 cm³/mol. The third-order valence-corrected chi connectivity index (χ3v) is 1.77. The van der Waals surface area contributed by atoms with E-state index in [4.69, 9.17) is 5.11 Å². The fraction of sp³-hybridized carbons (Fsp3) is 0.200. The molecule has 74 valence electrons. The third-order valence-electron chi connectivity index (χ3n) is 1.77. The van der Waals surface area contributed by atoms with Crippen molar-refractivity contribution in [2.24, 2.45) is 0 Å². The number of hydrogen-bond donors (Lipinski definition) is 2. The van der Waals surface area contributed by atoms with E-state index < -0.39 is 5.97 Å². The van der Waals surface area contributed by atoms with E-state index in [-0.39, 0.29) is 29.9 Å². The Morgan fingerprint density at radius 2 is 1.79 bits per heavy atom. The second-order valence-electron chi connectivity index (χ2n) is 2.83. The maximum Gasteiger partial charge on any atom is 0.303 e. The second-order valence-corrected chi connectivity index (χ2v) is 2.83. The molecule has 0 saturated carbocycles. The third kappa shape index (κ3) is 2.58. The van der Waals surface area contributed by atoms with Gasteiger partial charge in [-0.2, -0.15) is 0 Å². The molecule has 0 spiro atoms. The summed E-state index contributed by atoms with van der Waals surface area (Å²) in [6.45, 7) is 0. The van der Waals surface area contributed by atoms with E-state index in [1.54, 1.807) is 12.1 Å².